The molecule has 0 amide bonds. The number of aromatic nitrogens is 3. The lowest BCUT2D eigenvalue weighted by Crippen LogP contribution is -1.98. The van der Waals surface area contributed by atoms with E-state index in [0.29, 0.717) is 43.8 Å². The van der Waals surface area contributed by atoms with Gasteiger partial charge in [0, 0.05) is 16.2 Å². The molecular formula is C21H15Cl2N3O3. The summed E-state index contributed by atoms with van der Waals surface area (Å²) < 4.78 is 7.31. The Morgan fingerprint density at radius 1 is 1.21 bits per heavy atom. The lowest BCUT2D eigenvalue weighted by Gasteiger charge is -2.04. The smallest absolute Gasteiger partial charge is 0.308 e. The highest BCUT2D eigenvalue weighted by atomic mass is 35.5. The van der Waals surface area contributed by atoms with Crippen molar-refractivity contribution in [3.05, 3.63) is 75.9 Å². The van der Waals surface area contributed by atoms with Crippen molar-refractivity contribution in [1.82, 2.24) is 14.8 Å². The highest BCUT2D eigenvalue weighted by Gasteiger charge is 2.19. The molecule has 4 aromatic rings. The van der Waals surface area contributed by atoms with Gasteiger partial charge in [-0.1, -0.05) is 41.4 Å². The number of nitrogens with zero attached hydrogens (tertiary/aromatic N) is 3. The van der Waals surface area contributed by atoms with Gasteiger partial charge in [-0.2, -0.15) is 5.10 Å². The Bertz CT molecular complexity index is 1220. The first-order valence-corrected chi connectivity index (χ1v) is 9.47. The lowest BCUT2D eigenvalue weighted by molar-refractivity contribution is -0.135. The molecule has 29 heavy (non-hydrogen) atoms. The van der Waals surface area contributed by atoms with Gasteiger partial charge in [0.25, 0.3) is 0 Å². The monoisotopic (exact) mass is 427 g/mol. The van der Waals surface area contributed by atoms with Crippen LogP contribution in [0.3, 0.4) is 0 Å². The SMILES string of the molecule is Cc1nn(-c2cccc(Cl)c2)c(Cl)c1/C=C(/CC(=O)O)c1nc2ccccc2o1. The van der Waals surface area contributed by atoms with Crippen LogP contribution in [0.15, 0.2) is 52.9 Å². The van der Waals surface area contributed by atoms with Crippen LogP contribution in [0.2, 0.25) is 10.2 Å². The fourth-order valence-electron chi connectivity index (χ4n) is 2.99. The van der Waals surface area contributed by atoms with E-state index in [1.165, 1.54) is 0 Å². The molecule has 0 saturated carbocycles. The summed E-state index contributed by atoms with van der Waals surface area (Å²) in [6.07, 6.45) is 1.38. The van der Waals surface area contributed by atoms with E-state index in [-0.39, 0.29) is 12.3 Å². The van der Waals surface area contributed by atoms with Crippen LogP contribution in [-0.2, 0) is 4.79 Å². The molecule has 0 aliphatic carbocycles. The van der Waals surface area contributed by atoms with Crippen LogP contribution in [0.25, 0.3) is 28.4 Å². The molecule has 0 saturated heterocycles. The number of hydrogen-bond acceptors (Lipinski definition) is 4. The van der Waals surface area contributed by atoms with Crippen LogP contribution in [-0.4, -0.2) is 25.8 Å². The zero-order chi connectivity index (χ0) is 20.5. The Hall–Kier alpha value is -3.09. The molecule has 2 heterocycles. The first-order chi connectivity index (χ1) is 13.9. The van der Waals surface area contributed by atoms with Crippen molar-refractivity contribution < 1.29 is 14.3 Å². The van der Waals surface area contributed by atoms with Crippen molar-refractivity contribution >= 4 is 51.9 Å². The number of aliphatic carboxylic acids is 1. The minimum absolute atomic E-state index is 0.236. The number of halogens is 2. The van der Waals surface area contributed by atoms with E-state index >= 15 is 0 Å². The summed E-state index contributed by atoms with van der Waals surface area (Å²) in [5.74, 6) is -0.769. The molecule has 2 aromatic heterocycles. The van der Waals surface area contributed by atoms with E-state index in [9.17, 15) is 9.90 Å². The predicted octanol–water partition coefficient (Wildman–Crippen LogP) is 5.64. The maximum absolute atomic E-state index is 11.4. The van der Waals surface area contributed by atoms with E-state index in [4.69, 9.17) is 27.6 Å². The van der Waals surface area contributed by atoms with Crippen molar-refractivity contribution in [2.24, 2.45) is 0 Å². The molecule has 0 aliphatic heterocycles. The highest BCUT2D eigenvalue weighted by molar-refractivity contribution is 6.32. The topological polar surface area (TPSA) is 81.2 Å². The van der Waals surface area contributed by atoms with Crippen molar-refractivity contribution in [3.8, 4) is 5.69 Å². The molecule has 0 radical (unpaired) electrons. The van der Waals surface area contributed by atoms with Crippen LogP contribution in [0.4, 0.5) is 0 Å². The summed E-state index contributed by atoms with van der Waals surface area (Å²) in [6, 6.07) is 14.4. The Labute approximate surface area is 176 Å². The van der Waals surface area contributed by atoms with Gasteiger partial charge in [-0.25, -0.2) is 9.67 Å². The molecule has 0 unspecified atom stereocenters. The Kier molecular flexibility index (Phi) is 5.13. The van der Waals surface area contributed by atoms with E-state index in [0.717, 1.165) is 0 Å². The molecule has 0 atom stereocenters. The van der Waals surface area contributed by atoms with Gasteiger partial charge in [0.2, 0.25) is 5.89 Å². The number of hydrogen-bond donors (Lipinski definition) is 1. The number of carbonyl (C=O) groups is 1. The average Bonchev–Trinajstić information content (AvgIpc) is 3.23. The fourth-order valence-corrected chi connectivity index (χ4v) is 3.50. The molecule has 146 valence electrons. The van der Waals surface area contributed by atoms with Gasteiger partial charge in [-0.05, 0) is 43.3 Å². The highest BCUT2D eigenvalue weighted by Crippen LogP contribution is 2.31. The van der Waals surface area contributed by atoms with Crippen LogP contribution in [0, 0.1) is 6.92 Å². The van der Waals surface area contributed by atoms with Gasteiger partial charge in [-0.3, -0.25) is 4.79 Å². The maximum atomic E-state index is 11.4. The Morgan fingerprint density at radius 2 is 2.00 bits per heavy atom. The first kappa shape index (κ1) is 19.2. The Balaban J connectivity index is 1.83. The molecule has 4 rings (SSSR count). The van der Waals surface area contributed by atoms with E-state index < -0.39 is 5.97 Å². The number of aryl methyl sites for hydroxylation is 1. The van der Waals surface area contributed by atoms with Gasteiger partial charge in [-0.15, -0.1) is 0 Å². The molecule has 0 fully saturated rings. The van der Waals surface area contributed by atoms with Crippen molar-refractivity contribution in [2.75, 3.05) is 0 Å². The van der Waals surface area contributed by atoms with Gasteiger partial charge < -0.3 is 9.52 Å². The van der Waals surface area contributed by atoms with Gasteiger partial charge >= 0.3 is 5.97 Å². The molecule has 2 aromatic carbocycles. The second kappa shape index (κ2) is 7.73. The maximum Gasteiger partial charge on any atom is 0.308 e. The summed E-state index contributed by atoms with van der Waals surface area (Å²) in [5.41, 5.74) is 3.54. The van der Waals surface area contributed by atoms with Gasteiger partial charge in [0.1, 0.15) is 10.7 Å². The third-order valence-corrected chi connectivity index (χ3v) is 4.93. The number of para-hydroxylation sites is 2. The number of oxazole rings is 1. The zero-order valence-electron chi connectivity index (χ0n) is 15.3. The van der Waals surface area contributed by atoms with Crippen molar-refractivity contribution in [2.45, 2.75) is 13.3 Å². The van der Waals surface area contributed by atoms with Crippen molar-refractivity contribution in [3.63, 3.8) is 0 Å². The third-order valence-electron chi connectivity index (χ3n) is 4.33. The third kappa shape index (κ3) is 3.90. The normalized spacial score (nSPS) is 11.9. The summed E-state index contributed by atoms with van der Waals surface area (Å²) in [6.45, 7) is 1.79. The van der Waals surface area contributed by atoms with E-state index in [1.54, 1.807) is 48.0 Å². The van der Waals surface area contributed by atoms with E-state index in [1.807, 2.05) is 18.2 Å². The van der Waals surface area contributed by atoms with Crippen LogP contribution in [0.1, 0.15) is 23.6 Å². The van der Waals surface area contributed by atoms with Gasteiger partial charge in [0.15, 0.2) is 5.58 Å². The lowest BCUT2D eigenvalue weighted by atomic mass is 10.1. The molecule has 8 heteroatoms. The first-order valence-electron chi connectivity index (χ1n) is 8.72. The van der Waals surface area contributed by atoms with Crippen LogP contribution < -0.4 is 0 Å². The number of carboxylic acids is 1. The van der Waals surface area contributed by atoms with Gasteiger partial charge in [0.05, 0.1) is 17.8 Å². The molecule has 0 aliphatic rings. The van der Waals surface area contributed by atoms with Crippen molar-refractivity contribution in [1.29, 1.82) is 0 Å². The molecular weight excluding hydrogens is 413 g/mol. The second-order valence-corrected chi connectivity index (χ2v) is 7.20. The minimum atomic E-state index is -1.01. The molecule has 0 bridgehead atoms. The average molecular weight is 428 g/mol. The standard InChI is InChI=1S/C21H15Cl2N3O3/c1-12-16(20(23)26(25-12)15-6-4-5-14(22)11-15)9-13(10-19(27)28)21-24-17-7-2-3-8-18(17)29-21/h2-9,11H,10H2,1H3,(H,27,28)/b13-9-. The minimum Gasteiger partial charge on any atom is -0.481 e. The fraction of sp³-hybridized carbons (Fsp3) is 0.0952. The number of rotatable bonds is 5. The molecule has 1 N–H and O–H groups in total. The van der Waals surface area contributed by atoms with E-state index in [2.05, 4.69) is 10.1 Å². The number of carboxylic acid groups (broad SMARTS) is 1. The molecule has 0 spiro atoms. The quantitative estimate of drug-likeness (QED) is 0.445. The number of fused-ring (bicyclic) bond motifs is 1. The summed E-state index contributed by atoms with van der Waals surface area (Å²) in [4.78, 5) is 15.9. The summed E-state index contributed by atoms with van der Waals surface area (Å²) in [7, 11) is 0. The second-order valence-electron chi connectivity index (χ2n) is 6.41. The zero-order valence-corrected chi connectivity index (χ0v) is 16.8. The largest absolute Gasteiger partial charge is 0.481 e. The summed E-state index contributed by atoms with van der Waals surface area (Å²) >= 11 is 12.6. The summed E-state index contributed by atoms with van der Waals surface area (Å²) in [5, 5.41) is 14.7. The number of benzene rings is 2. The molecule has 6 nitrogen and oxygen atoms in total. The Morgan fingerprint density at radius 3 is 2.72 bits per heavy atom. The van der Waals surface area contributed by atoms with Crippen LogP contribution >= 0.6 is 23.2 Å². The predicted molar refractivity (Wildman–Crippen MR) is 112 cm³/mol. The van der Waals surface area contributed by atoms with Crippen LogP contribution in [0.5, 0.6) is 0 Å².